The molecule has 1 aromatic heterocycles. The number of carbonyl (C=O) groups is 2. The van der Waals surface area contributed by atoms with E-state index in [1.807, 2.05) is 23.1 Å². The Morgan fingerprint density at radius 1 is 1.04 bits per heavy atom. The van der Waals surface area contributed by atoms with E-state index in [9.17, 15) is 14.4 Å². The Morgan fingerprint density at radius 2 is 1.78 bits per heavy atom. The molecule has 2 aliphatic rings. The molecule has 2 aromatic rings. The number of hydrogen-bond acceptors (Lipinski definition) is 4. The molecule has 142 valence electrons. The number of para-hydroxylation sites is 2. The summed E-state index contributed by atoms with van der Waals surface area (Å²) < 4.78 is 1.47. The SMILES string of the molecule is O=C(Cn1c(=O)cnc2ccccc21)N1CCC[C@H](C(=O)N2CCCC2)C1. The Kier molecular flexibility index (Phi) is 4.92. The van der Waals surface area contributed by atoms with Crippen LogP contribution in [0.2, 0.25) is 0 Å². The highest BCUT2D eigenvalue weighted by atomic mass is 16.2. The second-order valence-electron chi connectivity index (χ2n) is 7.38. The molecule has 0 saturated carbocycles. The molecule has 3 heterocycles. The van der Waals surface area contributed by atoms with Crippen LogP contribution in [0.3, 0.4) is 0 Å². The number of carbonyl (C=O) groups excluding carboxylic acids is 2. The van der Waals surface area contributed by atoms with E-state index in [2.05, 4.69) is 4.98 Å². The second kappa shape index (κ2) is 7.50. The average molecular weight is 368 g/mol. The molecule has 0 bridgehead atoms. The standard InChI is InChI=1S/C20H24N4O3/c25-18-12-21-16-7-1-2-8-17(16)24(18)14-19(26)23-11-5-6-15(13-23)20(27)22-9-3-4-10-22/h1-2,7-8,12,15H,3-6,9-11,13-14H2/t15-/m0/s1. The third-order valence-electron chi connectivity index (χ3n) is 5.59. The molecule has 1 atom stereocenters. The summed E-state index contributed by atoms with van der Waals surface area (Å²) in [4.78, 5) is 45.6. The van der Waals surface area contributed by atoms with Crippen LogP contribution in [0.4, 0.5) is 0 Å². The van der Waals surface area contributed by atoms with Gasteiger partial charge in [-0.2, -0.15) is 0 Å². The average Bonchev–Trinajstić information content (AvgIpc) is 3.24. The minimum Gasteiger partial charge on any atom is -0.342 e. The lowest BCUT2D eigenvalue weighted by Gasteiger charge is -2.34. The summed E-state index contributed by atoms with van der Waals surface area (Å²) in [5.41, 5.74) is 1.05. The van der Waals surface area contributed by atoms with Gasteiger partial charge in [-0.05, 0) is 37.8 Å². The van der Waals surface area contributed by atoms with Crippen molar-refractivity contribution in [3.05, 3.63) is 40.8 Å². The van der Waals surface area contributed by atoms with Crippen LogP contribution in [0.1, 0.15) is 25.7 Å². The maximum atomic E-state index is 12.9. The fourth-order valence-electron chi connectivity index (χ4n) is 4.11. The number of amides is 2. The van der Waals surface area contributed by atoms with Crippen LogP contribution in [0, 0.1) is 5.92 Å². The third kappa shape index (κ3) is 3.59. The van der Waals surface area contributed by atoms with Gasteiger partial charge in [-0.1, -0.05) is 12.1 Å². The first-order chi connectivity index (χ1) is 13.1. The van der Waals surface area contributed by atoms with Gasteiger partial charge in [-0.3, -0.25) is 19.0 Å². The van der Waals surface area contributed by atoms with Gasteiger partial charge in [-0.15, -0.1) is 0 Å². The molecular formula is C20H24N4O3. The number of rotatable bonds is 3. The molecule has 27 heavy (non-hydrogen) atoms. The molecule has 0 spiro atoms. The van der Waals surface area contributed by atoms with E-state index in [1.54, 1.807) is 11.0 Å². The van der Waals surface area contributed by atoms with E-state index in [0.717, 1.165) is 38.8 Å². The summed E-state index contributed by atoms with van der Waals surface area (Å²) >= 11 is 0. The zero-order chi connectivity index (χ0) is 18.8. The predicted molar refractivity (Wildman–Crippen MR) is 101 cm³/mol. The number of fused-ring (bicyclic) bond motifs is 1. The number of benzene rings is 1. The number of piperidine rings is 1. The van der Waals surface area contributed by atoms with Crippen LogP contribution < -0.4 is 5.56 Å². The van der Waals surface area contributed by atoms with E-state index in [4.69, 9.17) is 0 Å². The maximum Gasteiger partial charge on any atom is 0.269 e. The van der Waals surface area contributed by atoms with Crippen molar-refractivity contribution in [1.82, 2.24) is 19.4 Å². The van der Waals surface area contributed by atoms with Crippen molar-refractivity contribution in [3.8, 4) is 0 Å². The number of likely N-dealkylation sites (tertiary alicyclic amines) is 2. The first-order valence-electron chi connectivity index (χ1n) is 9.64. The number of nitrogens with zero attached hydrogens (tertiary/aromatic N) is 4. The van der Waals surface area contributed by atoms with E-state index in [0.29, 0.717) is 24.1 Å². The summed E-state index contributed by atoms with van der Waals surface area (Å²) in [6, 6.07) is 7.30. The van der Waals surface area contributed by atoms with E-state index < -0.39 is 0 Å². The molecule has 0 N–H and O–H groups in total. The molecule has 0 unspecified atom stereocenters. The molecule has 2 saturated heterocycles. The zero-order valence-corrected chi connectivity index (χ0v) is 15.3. The van der Waals surface area contributed by atoms with Crippen molar-refractivity contribution in [2.45, 2.75) is 32.2 Å². The molecule has 2 aliphatic heterocycles. The van der Waals surface area contributed by atoms with Crippen molar-refractivity contribution >= 4 is 22.8 Å². The van der Waals surface area contributed by atoms with Gasteiger partial charge < -0.3 is 9.80 Å². The van der Waals surface area contributed by atoms with Gasteiger partial charge in [0, 0.05) is 26.2 Å². The Balaban J connectivity index is 1.49. The highest BCUT2D eigenvalue weighted by Gasteiger charge is 2.32. The highest BCUT2D eigenvalue weighted by Crippen LogP contribution is 2.21. The topological polar surface area (TPSA) is 75.5 Å². The summed E-state index contributed by atoms with van der Waals surface area (Å²) in [5, 5.41) is 0. The van der Waals surface area contributed by atoms with E-state index in [1.165, 1.54) is 10.8 Å². The fourth-order valence-corrected chi connectivity index (χ4v) is 4.11. The van der Waals surface area contributed by atoms with Gasteiger partial charge >= 0.3 is 0 Å². The van der Waals surface area contributed by atoms with E-state index in [-0.39, 0.29) is 29.8 Å². The first kappa shape index (κ1) is 17.7. The molecule has 7 nitrogen and oxygen atoms in total. The lowest BCUT2D eigenvalue weighted by Crippen LogP contribution is -2.47. The van der Waals surface area contributed by atoms with Crippen molar-refractivity contribution in [1.29, 1.82) is 0 Å². The summed E-state index contributed by atoms with van der Waals surface area (Å²) in [6.07, 6.45) is 5.04. The van der Waals surface area contributed by atoms with Crippen molar-refractivity contribution in [3.63, 3.8) is 0 Å². The second-order valence-corrected chi connectivity index (χ2v) is 7.38. The molecule has 2 amide bonds. The van der Waals surface area contributed by atoms with Crippen molar-refractivity contribution < 1.29 is 9.59 Å². The Labute approximate surface area is 157 Å². The number of hydrogen-bond donors (Lipinski definition) is 0. The van der Waals surface area contributed by atoms with Crippen LogP contribution in [0.5, 0.6) is 0 Å². The quantitative estimate of drug-likeness (QED) is 0.817. The van der Waals surface area contributed by atoms with Crippen LogP contribution in [-0.2, 0) is 16.1 Å². The lowest BCUT2D eigenvalue weighted by atomic mass is 9.96. The molecule has 1 aromatic carbocycles. The summed E-state index contributed by atoms with van der Waals surface area (Å²) in [6.45, 7) is 2.74. The Bertz CT molecular complexity index is 917. The van der Waals surface area contributed by atoms with Gasteiger partial charge in [0.05, 0.1) is 23.1 Å². The van der Waals surface area contributed by atoms with Crippen molar-refractivity contribution in [2.75, 3.05) is 26.2 Å². The molecule has 7 heteroatoms. The lowest BCUT2D eigenvalue weighted by molar-refractivity contribution is -0.140. The van der Waals surface area contributed by atoms with Gasteiger partial charge in [0.1, 0.15) is 6.54 Å². The minimum atomic E-state index is -0.288. The zero-order valence-electron chi connectivity index (χ0n) is 15.3. The normalized spacial score (nSPS) is 20.2. The molecule has 2 fully saturated rings. The third-order valence-corrected chi connectivity index (χ3v) is 5.59. The molecular weight excluding hydrogens is 344 g/mol. The van der Waals surface area contributed by atoms with Gasteiger partial charge in [0.25, 0.3) is 5.56 Å². The molecule has 4 rings (SSSR count). The highest BCUT2D eigenvalue weighted by molar-refractivity contribution is 5.82. The maximum absolute atomic E-state index is 12.9. The molecule has 0 radical (unpaired) electrons. The smallest absolute Gasteiger partial charge is 0.269 e. The van der Waals surface area contributed by atoms with Crippen molar-refractivity contribution in [2.24, 2.45) is 5.92 Å². The monoisotopic (exact) mass is 368 g/mol. The van der Waals surface area contributed by atoms with Gasteiger partial charge in [-0.25, -0.2) is 4.98 Å². The first-order valence-corrected chi connectivity index (χ1v) is 9.64. The van der Waals surface area contributed by atoms with Crippen LogP contribution in [-0.4, -0.2) is 57.3 Å². The molecule has 0 aliphatic carbocycles. The summed E-state index contributed by atoms with van der Waals surface area (Å²) in [5.74, 6) is -0.0596. The van der Waals surface area contributed by atoms with E-state index >= 15 is 0 Å². The Morgan fingerprint density at radius 3 is 2.59 bits per heavy atom. The van der Waals surface area contributed by atoms with Crippen LogP contribution in [0.15, 0.2) is 35.3 Å². The van der Waals surface area contributed by atoms with Crippen LogP contribution in [0.25, 0.3) is 11.0 Å². The summed E-state index contributed by atoms with van der Waals surface area (Å²) in [7, 11) is 0. The van der Waals surface area contributed by atoms with Gasteiger partial charge in [0.15, 0.2) is 0 Å². The minimum absolute atomic E-state index is 0.0213. The predicted octanol–water partition coefficient (Wildman–Crippen LogP) is 1.26. The fraction of sp³-hybridized carbons (Fsp3) is 0.500. The van der Waals surface area contributed by atoms with Gasteiger partial charge in [0.2, 0.25) is 11.8 Å². The number of aromatic nitrogens is 2. The van der Waals surface area contributed by atoms with Crippen LogP contribution >= 0.6 is 0 Å². The largest absolute Gasteiger partial charge is 0.342 e. The Hall–Kier alpha value is -2.70.